The van der Waals surface area contributed by atoms with Gasteiger partial charge in [-0.1, -0.05) is 6.07 Å². The maximum Gasteiger partial charge on any atom is 0.126 e. The Morgan fingerprint density at radius 2 is 2.33 bits per heavy atom. The lowest BCUT2D eigenvalue weighted by Gasteiger charge is -2.21. The van der Waals surface area contributed by atoms with Crippen molar-refractivity contribution >= 4 is 22.6 Å². The van der Waals surface area contributed by atoms with Crippen LogP contribution >= 0.6 is 22.6 Å². The van der Waals surface area contributed by atoms with Crippen LogP contribution in [0.15, 0.2) is 18.2 Å². The number of hydrogen-bond donors (Lipinski definition) is 1. The summed E-state index contributed by atoms with van der Waals surface area (Å²) in [7, 11) is 0. The number of aliphatic hydroxyl groups excluding tert-OH is 1. The molecule has 1 aromatic rings. The van der Waals surface area contributed by atoms with E-state index in [-0.39, 0.29) is 6.10 Å². The van der Waals surface area contributed by atoms with Gasteiger partial charge in [-0.15, -0.1) is 0 Å². The van der Waals surface area contributed by atoms with Gasteiger partial charge in [0.15, 0.2) is 0 Å². The quantitative estimate of drug-likeness (QED) is 0.735. The number of fused-ring (bicyclic) bond motifs is 1. The van der Waals surface area contributed by atoms with E-state index in [1.807, 2.05) is 18.2 Å². The van der Waals surface area contributed by atoms with Crippen LogP contribution in [0.25, 0.3) is 0 Å². The van der Waals surface area contributed by atoms with E-state index in [1.54, 1.807) is 0 Å². The standard InChI is InChI=1S/C9H9IO2/c10-6-1-2-7-8(11)3-4-12-9(7)5-6/h1-2,5,8,11H,3-4H2/t8-/m1/s1. The highest BCUT2D eigenvalue weighted by Crippen LogP contribution is 2.32. The van der Waals surface area contributed by atoms with Crippen LogP contribution in [0, 0.1) is 3.57 Å². The summed E-state index contributed by atoms with van der Waals surface area (Å²) in [6, 6.07) is 5.87. The third kappa shape index (κ3) is 1.43. The highest BCUT2D eigenvalue weighted by molar-refractivity contribution is 14.1. The van der Waals surface area contributed by atoms with Crippen molar-refractivity contribution in [1.29, 1.82) is 0 Å². The van der Waals surface area contributed by atoms with Gasteiger partial charge in [0, 0.05) is 15.6 Å². The molecule has 0 bridgehead atoms. The lowest BCUT2D eigenvalue weighted by molar-refractivity contribution is 0.115. The second kappa shape index (κ2) is 3.22. The van der Waals surface area contributed by atoms with E-state index in [4.69, 9.17) is 4.74 Å². The molecule has 0 saturated heterocycles. The number of rotatable bonds is 0. The average molecular weight is 276 g/mol. The van der Waals surface area contributed by atoms with Crippen molar-refractivity contribution in [3.8, 4) is 5.75 Å². The fourth-order valence-electron chi connectivity index (χ4n) is 1.34. The third-order valence-electron chi connectivity index (χ3n) is 1.98. The van der Waals surface area contributed by atoms with Gasteiger partial charge in [-0.25, -0.2) is 0 Å². The first kappa shape index (κ1) is 8.31. The molecule has 0 aliphatic carbocycles. The largest absolute Gasteiger partial charge is 0.493 e. The zero-order valence-electron chi connectivity index (χ0n) is 6.46. The maximum absolute atomic E-state index is 9.57. The molecule has 3 heteroatoms. The number of halogens is 1. The van der Waals surface area contributed by atoms with Crippen LogP contribution in [0.3, 0.4) is 0 Å². The van der Waals surface area contributed by atoms with Gasteiger partial charge in [0.05, 0.1) is 12.7 Å². The van der Waals surface area contributed by atoms with E-state index in [9.17, 15) is 5.11 Å². The topological polar surface area (TPSA) is 29.5 Å². The number of hydrogen-bond acceptors (Lipinski definition) is 2. The molecular weight excluding hydrogens is 267 g/mol. The summed E-state index contributed by atoms with van der Waals surface area (Å²) in [5, 5.41) is 9.57. The second-order valence-electron chi connectivity index (χ2n) is 2.84. The molecule has 1 heterocycles. The minimum Gasteiger partial charge on any atom is -0.493 e. The second-order valence-corrected chi connectivity index (χ2v) is 4.08. The lowest BCUT2D eigenvalue weighted by atomic mass is 10.0. The molecule has 0 fully saturated rings. The van der Waals surface area contributed by atoms with Crippen molar-refractivity contribution in [3.63, 3.8) is 0 Å². The molecule has 1 aromatic carbocycles. The fourth-order valence-corrected chi connectivity index (χ4v) is 1.81. The van der Waals surface area contributed by atoms with Gasteiger partial charge in [0.25, 0.3) is 0 Å². The van der Waals surface area contributed by atoms with Gasteiger partial charge in [-0.05, 0) is 34.7 Å². The monoisotopic (exact) mass is 276 g/mol. The Balaban J connectivity index is 2.46. The van der Waals surface area contributed by atoms with E-state index in [0.717, 1.165) is 14.9 Å². The number of benzene rings is 1. The van der Waals surface area contributed by atoms with Crippen LogP contribution in [0.5, 0.6) is 5.75 Å². The highest BCUT2D eigenvalue weighted by atomic mass is 127. The van der Waals surface area contributed by atoms with Crippen molar-refractivity contribution in [2.45, 2.75) is 12.5 Å². The molecule has 2 rings (SSSR count). The van der Waals surface area contributed by atoms with Gasteiger partial charge in [-0.3, -0.25) is 0 Å². The van der Waals surface area contributed by atoms with Gasteiger partial charge < -0.3 is 9.84 Å². The van der Waals surface area contributed by atoms with E-state index in [2.05, 4.69) is 22.6 Å². The molecular formula is C9H9IO2. The zero-order chi connectivity index (χ0) is 8.55. The molecule has 0 spiro atoms. The van der Waals surface area contributed by atoms with Crippen molar-refractivity contribution in [1.82, 2.24) is 0 Å². The Kier molecular flexibility index (Phi) is 2.23. The first-order valence-electron chi connectivity index (χ1n) is 3.87. The molecule has 12 heavy (non-hydrogen) atoms. The first-order valence-corrected chi connectivity index (χ1v) is 4.95. The smallest absolute Gasteiger partial charge is 0.126 e. The average Bonchev–Trinajstić information content (AvgIpc) is 2.04. The van der Waals surface area contributed by atoms with Gasteiger partial charge in [0.1, 0.15) is 5.75 Å². The minimum atomic E-state index is -0.342. The van der Waals surface area contributed by atoms with Gasteiger partial charge >= 0.3 is 0 Å². The zero-order valence-corrected chi connectivity index (χ0v) is 8.61. The molecule has 1 aliphatic heterocycles. The predicted octanol–water partition coefficient (Wildman–Crippen LogP) is 2.11. The maximum atomic E-state index is 9.57. The number of ether oxygens (including phenoxy) is 1. The molecule has 1 atom stereocenters. The van der Waals surface area contributed by atoms with Crippen molar-refractivity contribution in [2.24, 2.45) is 0 Å². The summed E-state index contributed by atoms with van der Waals surface area (Å²) < 4.78 is 6.55. The van der Waals surface area contributed by atoms with Crippen LogP contribution < -0.4 is 4.74 Å². The third-order valence-corrected chi connectivity index (χ3v) is 2.65. The van der Waals surface area contributed by atoms with Gasteiger partial charge in [-0.2, -0.15) is 0 Å². The molecule has 0 saturated carbocycles. The Bertz CT molecular complexity index is 299. The summed E-state index contributed by atoms with van der Waals surface area (Å²) in [4.78, 5) is 0. The van der Waals surface area contributed by atoms with E-state index in [0.29, 0.717) is 13.0 Å². The Morgan fingerprint density at radius 3 is 3.17 bits per heavy atom. The summed E-state index contributed by atoms with van der Waals surface area (Å²) in [5.41, 5.74) is 0.918. The molecule has 1 N–H and O–H groups in total. The summed E-state index contributed by atoms with van der Waals surface area (Å²) in [5.74, 6) is 0.834. The molecule has 0 radical (unpaired) electrons. The SMILES string of the molecule is O[C@@H]1CCOc2cc(I)ccc21. The predicted molar refractivity (Wildman–Crippen MR) is 54.2 cm³/mol. The van der Waals surface area contributed by atoms with Crippen molar-refractivity contribution < 1.29 is 9.84 Å². The highest BCUT2D eigenvalue weighted by Gasteiger charge is 2.18. The summed E-state index contributed by atoms with van der Waals surface area (Å²) in [6.45, 7) is 0.619. The van der Waals surface area contributed by atoms with Crippen LogP contribution in [0.2, 0.25) is 0 Å². The molecule has 64 valence electrons. The minimum absolute atomic E-state index is 0.342. The Labute approximate surface area is 84.7 Å². The van der Waals surface area contributed by atoms with E-state index in [1.165, 1.54) is 0 Å². The number of aliphatic hydroxyl groups is 1. The van der Waals surface area contributed by atoms with Crippen LogP contribution in [-0.2, 0) is 0 Å². The lowest BCUT2D eigenvalue weighted by Crippen LogP contribution is -2.13. The Morgan fingerprint density at radius 1 is 1.50 bits per heavy atom. The van der Waals surface area contributed by atoms with Crippen LogP contribution in [0.1, 0.15) is 18.1 Å². The van der Waals surface area contributed by atoms with E-state index >= 15 is 0 Å². The summed E-state index contributed by atoms with van der Waals surface area (Å²) in [6.07, 6.45) is 0.360. The van der Waals surface area contributed by atoms with Crippen molar-refractivity contribution in [2.75, 3.05) is 6.61 Å². The molecule has 0 aromatic heterocycles. The first-order chi connectivity index (χ1) is 5.77. The van der Waals surface area contributed by atoms with Crippen LogP contribution in [-0.4, -0.2) is 11.7 Å². The van der Waals surface area contributed by atoms with Gasteiger partial charge in [0.2, 0.25) is 0 Å². The van der Waals surface area contributed by atoms with E-state index < -0.39 is 0 Å². The van der Waals surface area contributed by atoms with Crippen molar-refractivity contribution in [3.05, 3.63) is 27.3 Å². The Hall–Kier alpha value is -0.290. The molecule has 1 aliphatic rings. The summed E-state index contributed by atoms with van der Waals surface area (Å²) >= 11 is 2.23. The molecule has 0 unspecified atom stereocenters. The van der Waals surface area contributed by atoms with Crippen LogP contribution in [0.4, 0.5) is 0 Å². The fraction of sp³-hybridized carbons (Fsp3) is 0.333. The molecule has 2 nitrogen and oxygen atoms in total. The normalized spacial score (nSPS) is 21.3. The molecule has 0 amide bonds.